The quantitative estimate of drug-likeness (QED) is 0.337. The summed E-state index contributed by atoms with van der Waals surface area (Å²) in [5.41, 5.74) is 3.86. The Morgan fingerprint density at radius 2 is 1.95 bits per heavy atom. The predicted octanol–water partition coefficient (Wildman–Crippen LogP) is 0.174. The standard InChI is InChI=1S/C11H14FN5O4/c1-14-8-4-6(9(17(20)21)5-7(8)12)10(18)15-2-3-16-11(13)19/h4-5,14H,2-3H2,1H3,(H,15,18)(H3,13,16,19). The monoisotopic (exact) mass is 299 g/mol. The molecule has 0 saturated carbocycles. The second-order valence-electron chi connectivity index (χ2n) is 3.90. The molecule has 1 rings (SSSR count). The Labute approximate surface area is 118 Å². The summed E-state index contributed by atoms with van der Waals surface area (Å²) in [7, 11) is 1.42. The maximum Gasteiger partial charge on any atom is 0.312 e. The molecule has 0 bridgehead atoms. The van der Waals surface area contributed by atoms with Gasteiger partial charge in [0.15, 0.2) is 5.82 Å². The van der Waals surface area contributed by atoms with Crippen molar-refractivity contribution in [2.75, 3.05) is 25.5 Å². The SMILES string of the molecule is CNc1cc(C(=O)NCCNC(N)=O)c([N+](=O)[O-])cc1F. The number of rotatable bonds is 6. The zero-order chi connectivity index (χ0) is 16.0. The molecule has 9 nitrogen and oxygen atoms in total. The number of amides is 3. The molecule has 0 fully saturated rings. The Bertz CT molecular complexity index is 578. The number of carbonyl (C=O) groups is 2. The van der Waals surface area contributed by atoms with Gasteiger partial charge >= 0.3 is 6.03 Å². The Morgan fingerprint density at radius 3 is 2.48 bits per heavy atom. The lowest BCUT2D eigenvalue weighted by Crippen LogP contribution is -2.37. The summed E-state index contributed by atoms with van der Waals surface area (Å²) in [4.78, 5) is 32.3. The second-order valence-corrected chi connectivity index (χ2v) is 3.90. The number of urea groups is 1. The first kappa shape index (κ1) is 16.1. The number of nitrogens with two attached hydrogens (primary N) is 1. The van der Waals surface area contributed by atoms with Crippen LogP contribution in [-0.4, -0.2) is 37.0 Å². The molecule has 0 unspecified atom stereocenters. The van der Waals surface area contributed by atoms with Crippen LogP contribution in [0.3, 0.4) is 0 Å². The number of halogens is 1. The number of benzene rings is 1. The van der Waals surface area contributed by atoms with E-state index in [0.717, 1.165) is 6.07 Å². The van der Waals surface area contributed by atoms with Crippen LogP contribution in [0.25, 0.3) is 0 Å². The topological polar surface area (TPSA) is 139 Å². The van der Waals surface area contributed by atoms with Crippen molar-refractivity contribution in [3.05, 3.63) is 33.6 Å². The average molecular weight is 299 g/mol. The number of hydrogen-bond acceptors (Lipinski definition) is 5. The third-order valence-electron chi connectivity index (χ3n) is 2.51. The summed E-state index contributed by atoms with van der Waals surface area (Å²) in [6.07, 6.45) is 0. The van der Waals surface area contributed by atoms with Crippen LogP contribution in [0.4, 0.5) is 20.6 Å². The summed E-state index contributed by atoms with van der Waals surface area (Å²) >= 11 is 0. The summed E-state index contributed by atoms with van der Waals surface area (Å²) in [6, 6.07) is 0.960. The molecular weight excluding hydrogens is 285 g/mol. The minimum Gasteiger partial charge on any atom is -0.386 e. The van der Waals surface area contributed by atoms with Crippen LogP contribution in [0.1, 0.15) is 10.4 Å². The minimum absolute atomic E-state index is 0.0190. The van der Waals surface area contributed by atoms with Gasteiger partial charge in [-0.25, -0.2) is 9.18 Å². The maximum absolute atomic E-state index is 13.5. The van der Waals surface area contributed by atoms with E-state index < -0.39 is 28.4 Å². The molecule has 0 saturated heterocycles. The molecule has 1 aromatic rings. The molecule has 114 valence electrons. The van der Waals surface area contributed by atoms with Crippen molar-refractivity contribution in [2.45, 2.75) is 0 Å². The molecule has 10 heteroatoms. The van der Waals surface area contributed by atoms with Crippen LogP contribution in [0.15, 0.2) is 12.1 Å². The summed E-state index contributed by atoms with van der Waals surface area (Å²) < 4.78 is 13.5. The van der Waals surface area contributed by atoms with Gasteiger partial charge in [-0.2, -0.15) is 0 Å². The van der Waals surface area contributed by atoms with E-state index in [-0.39, 0.29) is 24.3 Å². The highest BCUT2D eigenvalue weighted by Crippen LogP contribution is 2.25. The summed E-state index contributed by atoms with van der Waals surface area (Å²) in [5.74, 6) is -1.60. The lowest BCUT2D eigenvalue weighted by atomic mass is 10.1. The van der Waals surface area contributed by atoms with E-state index in [4.69, 9.17) is 5.73 Å². The van der Waals surface area contributed by atoms with E-state index >= 15 is 0 Å². The number of nitro groups is 1. The largest absolute Gasteiger partial charge is 0.386 e. The van der Waals surface area contributed by atoms with Crippen molar-refractivity contribution in [1.82, 2.24) is 10.6 Å². The fourth-order valence-corrected chi connectivity index (χ4v) is 1.54. The minimum atomic E-state index is -0.848. The van der Waals surface area contributed by atoms with Gasteiger partial charge < -0.3 is 21.7 Å². The van der Waals surface area contributed by atoms with Gasteiger partial charge in [-0.3, -0.25) is 14.9 Å². The highest BCUT2D eigenvalue weighted by atomic mass is 19.1. The summed E-state index contributed by atoms with van der Waals surface area (Å²) in [6.45, 7) is 0.0835. The number of primary amides is 1. The third kappa shape index (κ3) is 4.30. The van der Waals surface area contributed by atoms with Crippen LogP contribution >= 0.6 is 0 Å². The van der Waals surface area contributed by atoms with Crippen LogP contribution in [0.5, 0.6) is 0 Å². The van der Waals surface area contributed by atoms with Crippen LogP contribution in [0.2, 0.25) is 0 Å². The number of hydrogen-bond donors (Lipinski definition) is 4. The molecule has 0 aliphatic rings. The predicted molar refractivity (Wildman–Crippen MR) is 72.5 cm³/mol. The van der Waals surface area contributed by atoms with Gasteiger partial charge in [0.05, 0.1) is 16.7 Å². The summed E-state index contributed by atoms with van der Waals surface area (Å²) in [5, 5.41) is 17.9. The van der Waals surface area contributed by atoms with E-state index in [1.807, 2.05) is 0 Å². The molecule has 0 spiro atoms. The molecule has 0 heterocycles. The fraction of sp³-hybridized carbons (Fsp3) is 0.273. The maximum atomic E-state index is 13.5. The first-order chi connectivity index (χ1) is 9.86. The van der Waals surface area contributed by atoms with Crippen LogP contribution in [0, 0.1) is 15.9 Å². The second kappa shape index (κ2) is 7.03. The fourth-order valence-electron chi connectivity index (χ4n) is 1.54. The smallest absolute Gasteiger partial charge is 0.312 e. The van der Waals surface area contributed by atoms with Crippen molar-refractivity contribution in [3.8, 4) is 0 Å². The molecule has 0 aromatic heterocycles. The number of nitrogens with one attached hydrogen (secondary N) is 3. The first-order valence-electron chi connectivity index (χ1n) is 5.84. The van der Waals surface area contributed by atoms with E-state index in [9.17, 15) is 24.1 Å². The van der Waals surface area contributed by atoms with Gasteiger partial charge in [0.1, 0.15) is 5.56 Å². The lowest BCUT2D eigenvalue weighted by Gasteiger charge is -2.09. The van der Waals surface area contributed by atoms with E-state index in [0.29, 0.717) is 6.07 Å². The Hall–Kier alpha value is -2.91. The molecular formula is C11H14FN5O4. The van der Waals surface area contributed by atoms with Gasteiger partial charge in [-0.15, -0.1) is 0 Å². The van der Waals surface area contributed by atoms with Crippen molar-refractivity contribution in [1.29, 1.82) is 0 Å². The zero-order valence-electron chi connectivity index (χ0n) is 11.1. The van der Waals surface area contributed by atoms with E-state index in [2.05, 4.69) is 16.0 Å². The number of nitro benzene ring substituents is 1. The van der Waals surface area contributed by atoms with Crippen LogP contribution in [-0.2, 0) is 0 Å². The molecule has 1 aromatic carbocycles. The van der Waals surface area contributed by atoms with Gasteiger partial charge in [-0.1, -0.05) is 0 Å². The van der Waals surface area contributed by atoms with Crippen molar-refractivity contribution in [2.24, 2.45) is 5.73 Å². The molecule has 21 heavy (non-hydrogen) atoms. The first-order valence-corrected chi connectivity index (χ1v) is 5.84. The zero-order valence-corrected chi connectivity index (χ0v) is 11.1. The van der Waals surface area contributed by atoms with Gasteiger partial charge in [-0.05, 0) is 6.07 Å². The van der Waals surface area contributed by atoms with E-state index in [1.54, 1.807) is 0 Å². The van der Waals surface area contributed by atoms with Gasteiger partial charge in [0, 0.05) is 20.1 Å². The molecule has 3 amide bonds. The molecule has 0 atom stereocenters. The van der Waals surface area contributed by atoms with Crippen molar-refractivity contribution < 1.29 is 18.9 Å². The van der Waals surface area contributed by atoms with Gasteiger partial charge in [0.25, 0.3) is 11.6 Å². The molecule has 5 N–H and O–H groups in total. The molecule has 0 aliphatic carbocycles. The van der Waals surface area contributed by atoms with Crippen molar-refractivity contribution >= 4 is 23.3 Å². The van der Waals surface area contributed by atoms with Crippen LogP contribution < -0.4 is 21.7 Å². The highest BCUT2D eigenvalue weighted by Gasteiger charge is 2.23. The molecule has 0 radical (unpaired) electrons. The Kier molecular flexibility index (Phi) is 5.40. The number of carbonyl (C=O) groups excluding carboxylic acids is 2. The Balaban J connectivity index is 2.91. The van der Waals surface area contributed by atoms with E-state index in [1.165, 1.54) is 7.05 Å². The van der Waals surface area contributed by atoms with Gasteiger partial charge in [0.2, 0.25) is 0 Å². The normalized spacial score (nSPS) is 9.81. The third-order valence-corrected chi connectivity index (χ3v) is 2.51. The number of anilines is 1. The highest BCUT2D eigenvalue weighted by molar-refractivity contribution is 5.99. The average Bonchev–Trinajstić information content (AvgIpc) is 2.42. The van der Waals surface area contributed by atoms with Crippen molar-refractivity contribution in [3.63, 3.8) is 0 Å². The Morgan fingerprint density at radius 1 is 1.33 bits per heavy atom. The number of nitrogens with zero attached hydrogens (tertiary/aromatic N) is 1. The molecule has 0 aliphatic heterocycles. The lowest BCUT2D eigenvalue weighted by molar-refractivity contribution is -0.385.